The molecule has 0 saturated heterocycles. The normalized spacial score (nSPS) is 12.3. The first-order valence-corrected chi connectivity index (χ1v) is 10.2. The van der Waals surface area contributed by atoms with Crippen molar-refractivity contribution in [1.82, 2.24) is 14.9 Å². The summed E-state index contributed by atoms with van der Waals surface area (Å²) in [4.78, 5) is 29.5. The molecule has 0 spiro atoms. The number of nitrogens with zero attached hydrogens (tertiary/aromatic N) is 2. The van der Waals surface area contributed by atoms with E-state index in [4.69, 9.17) is 11.6 Å². The Labute approximate surface area is 175 Å². The van der Waals surface area contributed by atoms with Gasteiger partial charge in [0.05, 0.1) is 23.3 Å². The van der Waals surface area contributed by atoms with Crippen LogP contribution in [-0.2, 0) is 11.3 Å². The molecule has 1 atom stereocenters. The molecule has 5 nitrogen and oxygen atoms in total. The number of rotatable bonds is 7. The Balaban J connectivity index is 1.62. The van der Waals surface area contributed by atoms with Crippen LogP contribution in [0.2, 0.25) is 5.02 Å². The Morgan fingerprint density at radius 2 is 1.90 bits per heavy atom. The SMILES string of the molecule is Cc1cccc2c(=O)n(CCCC(=O)NC(c3ccc(Cl)cc3)C(C)C)cnc12. The van der Waals surface area contributed by atoms with Crippen LogP contribution in [0.4, 0.5) is 0 Å². The highest BCUT2D eigenvalue weighted by molar-refractivity contribution is 6.30. The van der Waals surface area contributed by atoms with Crippen molar-refractivity contribution in [2.45, 2.75) is 46.2 Å². The van der Waals surface area contributed by atoms with E-state index in [1.54, 1.807) is 17.0 Å². The van der Waals surface area contributed by atoms with Crippen molar-refractivity contribution < 1.29 is 4.79 Å². The second-order valence-electron chi connectivity index (χ2n) is 7.66. The highest BCUT2D eigenvalue weighted by atomic mass is 35.5. The largest absolute Gasteiger partial charge is 0.349 e. The number of carbonyl (C=O) groups excluding carboxylic acids is 1. The van der Waals surface area contributed by atoms with Crippen LogP contribution >= 0.6 is 11.6 Å². The summed E-state index contributed by atoms with van der Waals surface area (Å²) in [5.74, 6) is 0.215. The summed E-state index contributed by atoms with van der Waals surface area (Å²) in [6.07, 6.45) is 2.48. The Hall–Kier alpha value is -2.66. The first-order valence-electron chi connectivity index (χ1n) is 9.86. The van der Waals surface area contributed by atoms with Crippen molar-refractivity contribution in [2.24, 2.45) is 5.92 Å². The number of halogens is 1. The topological polar surface area (TPSA) is 64.0 Å². The Morgan fingerprint density at radius 3 is 2.59 bits per heavy atom. The van der Waals surface area contributed by atoms with Gasteiger partial charge in [-0.1, -0.05) is 49.7 Å². The second-order valence-corrected chi connectivity index (χ2v) is 8.09. The van der Waals surface area contributed by atoms with Crippen molar-refractivity contribution in [3.8, 4) is 0 Å². The van der Waals surface area contributed by atoms with Gasteiger partial charge in [-0.25, -0.2) is 4.98 Å². The van der Waals surface area contributed by atoms with E-state index in [0.29, 0.717) is 29.8 Å². The lowest BCUT2D eigenvalue weighted by Gasteiger charge is -2.23. The van der Waals surface area contributed by atoms with E-state index in [1.165, 1.54) is 0 Å². The van der Waals surface area contributed by atoms with E-state index in [-0.39, 0.29) is 23.4 Å². The summed E-state index contributed by atoms with van der Waals surface area (Å²) in [6, 6.07) is 13.1. The molecule has 2 aromatic carbocycles. The molecular formula is C23H26ClN3O2. The maximum atomic E-state index is 12.6. The van der Waals surface area contributed by atoms with Crippen molar-refractivity contribution in [3.63, 3.8) is 0 Å². The molecule has 0 radical (unpaired) electrons. The molecule has 3 aromatic rings. The molecular weight excluding hydrogens is 386 g/mol. The molecule has 152 valence electrons. The lowest BCUT2D eigenvalue weighted by Crippen LogP contribution is -2.32. The third-order valence-corrected chi connectivity index (χ3v) is 5.32. The summed E-state index contributed by atoms with van der Waals surface area (Å²) in [5.41, 5.74) is 2.67. The number of nitrogens with one attached hydrogen (secondary N) is 1. The van der Waals surface area contributed by atoms with Crippen LogP contribution in [0.3, 0.4) is 0 Å². The summed E-state index contributed by atoms with van der Waals surface area (Å²) >= 11 is 5.97. The number of benzene rings is 2. The van der Waals surface area contributed by atoms with Crippen LogP contribution in [0.5, 0.6) is 0 Å². The smallest absolute Gasteiger partial charge is 0.261 e. The quantitative estimate of drug-likeness (QED) is 0.615. The van der Waals surface area contributed by atoms with E-state index in [1.807, 2.05) is 43.3 Å². The third kappa shape index (κ3) is 5.04. The lowest BCUT2D eigenvalue weighted by molar-refractivity contribution is -0.122. The molecule has 0 aliphatic heterocycles. The molecule has 29 heavy (non-hydrogen) atoms. The van der Waals surface area contributed by atoms with Crippen LogP contribution in [0.25, 0.3) is 10.9 Å². The summed E-state index contributed by atoms with van der Waals surface area (Å²) < 4.78 is 1.58. The van der Waals surface area contributed by atoms with E-state index in [2.05, 4.69) is 24.1 Å². The maximum Gasteiger partial charge on any atom is 0.261 e. The van der Waals surface area contributed by atoms with Gasteiger partial charge < -0.3 is 5.32 Å². The number of amides is 1. The van der Waals surface area contributed by atoms with Gasteiger partial charge in [-0.3, -0.25) is 14.2 Å². The molecule has 0 bridgehead atoms. The van der Waals surface area contributed by atoms with Crippen molar-refractivity contribution in [3.05, 3.63) is 75.3 Å². The number of fused-ring (bicyclic) bond motifs is 1. The van der Waals surface area contributed by atoms with E-state index in [0.717, 1.165) is 16.6 Å². The average Bonchev–Trinajstić information content (AvgIpc) is 2.69. The van der Waals surface area contributed by atoms with Gasteiger partial charge >= 0.3 is 0 Å². The predicted octanol–water partition coefficient (Wildman–Crippen LogP) is 4.65. The highest BCUT2D eigenvalue weighted by Gasteiger charge is 2.18. The van der Waals surface area contributed by atoms with E-state index in [9.17, 15) is 9.59 Å². The fourth-order valence-electron chi connectivity index (χ4n) is 3.46. The molecule has 1 amide bonds. The number of aryl methyl sites for hydroxylation is 2. The summed E-state index contributed by atoms with van der Waals surface area (Å²) in [6.45, 7) is 6.54. The molecule has 0 fully saturated rings. The molecule has 1 unspecified atom stereocenters. The van der Waals surface area contributed by atoms with Gasteiger partial charge in [0.15, 0.2) is 0 Å². The zero-order valence-corrected chi connectivity index (χ0v) is 17.7. The number of carbonyl (C=O) groups is 1. The standard InChI is InChI=1S/C23H26ClN3O2/c1-15(2)21(17-9-11-18(24)12-10-17)26-20(28)8-5-13-27-14-25-22-16(3)6-4-7-19(22)23(27)29/h4,6-7,9-12,14-15,21H,5,8,13H2,1-3H3,(H,26,28). The number of hydrogen-bond donors (Lipinski definition) is 1. The number of aromatic nitrogens is 2. The molecule has 1 aromatic heterocycles. The highest BCUT2D eigenvalue weighted by Crippen LogP contribution is 2.23. The van der Waals surface area contributed by atoms with Gasteiger partial charge in [-0.15, -0.1) is 0 Å². The number of hydrogen-bond acceptors (Lipinski definition) is 3. The van der Waals surface area contributed by atoms with Crippen LogP contribution in [0.1, 0.15) is 43.9 Å². The summed E-state index contributed by atoms with van der Waals surface area (Å²) in [7, 11) is 0. The minimum atomic E-state index is -0.0761. The second kappa shape index (κ2) is 9.23. The minimum Gasteiger partial charge on any atom is -0.349 e. The zero-order valence-electron chi connectivity index (χ0n) is 17.0. The van der Waals surface area contributed by atoms with Gasteiger partial charge in [0, 0.05) is 18.0 Å². The molecule has 0 aliphatic rings. The molecule has 1 N–H and O–H groups in total. The van der Waals surface area contributed by atoms with Gasteiger partial charge in [0.2, 0.25) is 5.91 Å². The van der Waals surface area contributed by atoms with Crippen molar-refractivity contribution in [2.75, 3.05) is 0 Å². The minimum absolute atomic E-state index is 0.0312. The fourth-order valence-corrected chi connectivity index (χ4v) is 3.58. The van der Waals surface area contributed by atoms with Crippen molar-refractivity contribution >= 4 is 28.4 Å². The van der Waals surface area contributed by atoms with E-state index >= 15 is 0 Å². The first-order chi connectivity index (χ1) is 13.9. The van der Waals surface area contributed by atoms with E-state index < -0.39 is 0 Å². The fraction of sp³-hybridized carbons (Fsp3) is 0.348. The monoisotopic (exact) mass is 411 g/mol. The van der Waals surface area contributed by atoms with Crippen LogP contribution in [0.15, 0.2) is 53.6 Å². The first kappa shape index (κ1) is 21.1. The Morgan fingerprint density at radius 1 is 1.17 bits per heavy atom. The lowest BCUT2D eigenvalue weighted by atomic mass is 9.96. The van der Waals surface area contributed by atoms with Gasteiger partial charge in [-0.05, 0) is 48.6 Å². The van der Waals surface area contributed by atoms with Crippen LogP contribution < -0.4 is 10.9 Å². The molecule has 6 heteroatoms. The van der Waals surface area contributed by atoms with Gasteiger partial charge in [-0.2, -0.15) is 0 Å². The predicted molar refractivity (Wildman–Crippen MR) is 117 cm³/mol. The molecule has 0 saturated carbocycles. The molecule has 3 rings (SSSR count). The van der Waals surface area contributed by atoms with Gasteiger partial charge in [0.25, 0.3) is 5.56 Å². The Bertz CT molecular complexity index is 1060. The molecule has 0 aliphatic carbocycles. The number of para-hydroxylation sites is 1. The third-order valence-electron chi connectivity index (χ3n) is 5.07. The Kier molecular flexibility index (Phi) is 6.70. The molecule has 1 heterocycles. The van der Waals surface area contributed by atoms with Crippen LogP contribution in [0, 0.1) is 12.8 Å². The van der Waals surface area contributed by atoms with Gasteiger partial charge in [0.1, 0.15) is 0 Å². The summed E-state index contributed by atoms with van der Waals surface area (Å²) in [5, 5.41) is 4.39. The maximum absolute atomic E-state index is 12.6. The van der Waals surface area contributed by atoms with Crippen molar-refractivity contribution in [1.29, 1.82) is 0 Å². The zero-order chi connectivity index (χ0) is 21.0. The average molecular weight is 412 g/mol. The van der Waals surface area contributed by atoms with Crippen LogP contribution in [-0.4, -0.2) is 15.5 Å².